The van der Waals surface area contributed by atoms with Crippen LogP contribution in [0, 0.1) is 5.92 Å². The Morgan fingerprint density at radius 3 is 2.22 bits per heavy atom. The minimum absolute atomic E-state index is 0. The zero-order chi connectivity index (χ0) is 18.7. The molecule has 0 radical (unpaired) electrons. The maximum Gasteiger partial charge on any atom is 0.253 e. The van der Waals surface area contributed by atoms with E-state index in [-0.39, 0.29) is 30.1 Å². The lowest BCUT2D eigenvalue weighted by atomic mass is 9.74. The number of rotatable bonds is 3. The van der Waals surface area contributed by atoms with Gasteiger partial charge >= 0.3 is 0 Å². The lowest BCUT2D eigenvalue weighted by molar-refractivity contribution is -0.140. The van der Waals surface area contributed by atoms with Gasteiger partial charge in [0.15, 0.2) is 0 Å². The van der Waals surface area contributed by atoms with Crippen molar-refractivity contribution < 1.29 is 14.3 Å². The van der Waals surface area contributed by atoms with Crippen LogP contribution in [0.15, 0.2) is 24.3 Å². The third kappa shape index (κ3) is 4.74. The van der Waals surface area contributed by atoms with Gasteiger partial charge in [-0.05, 0) is 44.0 Å². The summed E-state index contributed by atoms with van der Waals surface area (Å²) in [5.74, 6) is 0.793. The van der Waals surface area contributed by atoms with Gasteiger partial charge in [0, 0.05) is 37.3 Å². The lowest BCUT2D eigenvalue weighted by Gasteiger charge is -2.42. The number of benzene rings is 1. The lowest BCUT2D eigenvalue weighted by Crippen LogP contribution is -2.57. The molecule has 3 rings (SSSR count). The van der Waals surface area contributed by atoms with E-state index in [4.69, 9.17) is 10.5 Å². The third-order valence-corrected chi connectivity index (χ3v) is 5.77. The SMILES string of the molecule is COc1ccc(C(=O)N2CCN(C(=O)C3CCCCC3(C)N)CC2)cc1.Cl. The molecule has 1 heterocycles. The van der Waals surface area contributed by atoms with Crippen LogP contribution in [0.25, 0.3) is 0 Å². The van der Waals surface area contributed by atoms with Crippen molar-refractivity contribution in [2.45, 2.75) is 38.1 Å². The second-order valence-corrected chi connectivity index (χ2v) is 7.65. The predicted molar refractivity (Wildman–Crippen MR) is 107 cm³/mol. The standard InChI is InChI=1S/C20H29N3O3.ClH/c1-20(21)10-4-3-5-17(20)19(25)23-13-11-22(12-14-23)18(24)15-6-8-16(26-2)9-7-15;/h6-9,17H,3-5,10-14,21H2,1-2H3;1H. The second kappa shape index (κ2) is 8.93. The number of hydrogen-bond donors (Lipinski definition) is 1. The molecule has 27 heavy (non-hydrogen) atoms. The summed E-state index contributed by atoms with van der Waals surface area (Å²) < 4.78 is 5.13. The molecule has 2 atom stereocenters. The number of nitrogens with zero attached hydrogens (tertiary/aromatic N) is 2. The van der Waals surface area contributed by atoms with Crippen LogP contribution in [-0.2, 0) is 4.79 Å². The van der Waals surface area contributed by atoms with Crippen molar-refractivity contribution in [2.75, 3.05) is 33.3 Å². The van der Waals surface area contributed by atoms with Gasteiger partial charge < -0.3 is 20.3 Å². The normalized spacial score (nSPS) is 25.5. The molecule has 0 aromatic heterocycles. The number of carbonyl (C=O) groups excluding carboxylic acids is 2. The average Bonchev–Trinajstić information content (AvgIpc) is 2.67. The van der Waals surface area contributed by atoms with Gasteiger partial charge in [0.2, 0.25) is 5.91 Å². The summed E-state index contributed by atoms with van der Waals surface area (Å²) in [7, 11) is 1.60. The molecular formula is C20H30ClN3O3. The van der Waals surface area contributed by atoms with E-state index in [9.17, 15) is 9.59 Å². The zero-order valence-electron chi connectivity index (χ0n) is 16.1. The first-order valence-electron chi connectivity index (χ1n) is 9.43. The number of ether oxygens (including phenoxy) is 1. The van der Waals surface area contributed by atoms with Crippen molar-refractivity contribution in [1.82, 2.24) is 9.80 Å². The van der Waals surface area contributed by atoms with Crippen LogP contribution in [0.3, 0.4) is 0 Å². The Morgan fingerprint density at radius 1 is 1.07 bits per heavy atom. The molecule has 2 aliphatic rings. The van der Waals surface area contributed by atoms with Gasteiger partial charge in [-0.15, -0.1) is 12.4 Å². The molecule has 2 N–H and O–H groups in total. The summed E-state index contributed by atoms with van der Waals surface area (Å²) in [6, 6.07) is 7.14. The second-order valence-electron chi connectivity index (χ2n) is 7.65. The van der Waals surface area contributed by atoms with Crippen LogP contribution >= 0.6 is 12.4 Å². The number of hydrogen-bond acceptors (Lipinski definition) is 4. The number of carbonyl (C=O) groups is 2. The molecule has 0 spiro atoms. The Balaban J connectivity index is 0.00000261. The van der Waals surface area contributed by atoms with Gasteiger partial charge in [-0.1, -0.05) is 12.8 Å². The number of piperazine rings is 1. The van der Waals surface area contributed by atoms with Gasteiger partial charge in [-0.25, -0.2) is 0 Å². The van der Waals surface area contributed by atoms with Crippen LogP contribution in [-0.4, -0.2) is 60.4 Å². The zero-order valence-corrected chi connectivity index (χ0v) is 17.0. The molecule has 6 nitrogen and oxygen atoms in total. The summed E-state index contributed by atoms with van der Waals surface area (Å²) in [5, 5.41) is 0. The van der Waals surface area contributed by atoms with Crippen molar-refractivity contribution in [1.29, 1.82) is 0 Å². The van der Waals surface area contributed by atoms with Crippen LogP contribution in [0.5, 0.6) is 5.75 Å². The van der Waals surface area contributed by atoms with Crippen LogP contribution in [0.4, 0.5) is 0 Å². The topological polar surface area (TPSA) is 75.9 Å². The Labute approximate surface area is 167 Å². The molecule has 1 aromatic rings. The Morgan fingerprint density at radius 2 is 1.67 bits per heavy atom. The van der Waals surface area contributed by atoms with E-state index in [2.05, 4.69) is 0 Å². The van der Waals surface area contributed by atoms with Crippen molar-refractivity contribution in [3.63, 3.8) is 0 Å². The highest BCUT2D eigenvalue weighted by atomic mass is 35.5. The average molecular weight is 396 g/mol. The van der Waals surface area contributed by atoms with E-state index >= 15 is 0 Å². The molecule has 1 saturated carbocycles. The van der Waals surface area contributed by atoms with Gasteiger partial charge in [0.1, 0.15) is 5.75 Å². The summed E-state index contributed by atoms with van der Waals surface area (Å²) >= 11 is 0. The van der Waals surface area contributed by atoms with Crippen LogP contribution < -0.4 is 10.5 Å². The van der Waals surface area contributed by atoms with Gasteiger partial charge in [0.05, 0.1) is 13.0 Å². The van der Waals surface area contributed by atoms with E-state index in [1.807, 2.05) is 16.7 Å². The predicted octanol–water partition coefficient (Wildman–Crippen LogP) is 2.31. The maximum absolute atomic E-state index is 12.9. The molecule has 2 fully saturated rings. The maximum atomic E-state index is 12.9. The Hall–Kier alpha value is -1.79. The fourth-order valence-electron chi connectivity index (χ4n) is 4.03. The van der Waals surface area contributed by atoms with Crippen LogP contribution in [0.2, 0.25) is 0 Å². The Kier molecular flexibility index (Phi) is 7.12. The molecule has 1 aliphatic carbocycles. The van der Waals surface area contributed by atoms with Crippen molar-refractivity contribution >= 4 is 24.2 Å². The molecule has 1 saturated heterocycles. The van der Waals surface area contributed by atoms with Crippen molar-refractivity contribution in [3.05, 3.63) is 29.8 Å². The summed E-state index contributed by atoms with van der Waals surface area (Å²) in [6.07, 6.45) is 3.94. The largest absolute Gasteiger partial charge is 0.497 e. The first-order chi connectivity index (χ1) is 12.4. The first kappa shape index (κ1) is 21.5. The smallest absolute Gasteiger partial charge is 0.253 e. The molecule has 1 aliphatic heterocycles. The third-order valence-electron chi connectivity index (χ3n) is 5.77. The Bertz CT molecular complexity index is 655. The highest BCUT2D eigenvalue weighted by Gasteiger charge is 2.40. The van der Waals surface area contributed by atoms with E-state index in [1.165, 1.54) is 0 Å². The molecule has 2 unspecified atom stereocenters. The molecule has 1 aromatic carbocycles. The monoisotopic (exact) mass is 395 g/mol. The summed E-state index contributed by atoms with van der Waals surface area (Å²) in [4.78, 5) is 29.3. The van der Waals surface area contributed by atoms with Crippen LogP contribution in [0.1, 0.15) is 43.0 Å². The van der Waals surface area contributed by atoms with Gasteiger partial charge in [-0.2, -0.15) is 0 Å². The molecule has 7 heteroatoms. The quantitative estimate of drug-likeness (QED) is 0.852. The fraction of sp³-hybridized carbons (Fsp3) is 0.600. The number of amides is 2. The highest BCUT2D eigenvalue weighted by molar-refractivity contribution is 5.94. The van der Waals surface area contributed by atoms with Gasteiger partial charge in [-0.3, -0.25) is 9.59 Å². The van der Waals surface area contributed by atoms with E-state index < -0.39 is 5.54 Å². The first-order valence-corrected chi connectivity index (χ1v) is 9.43. The number of methoxy groups -OCH3 is 1. The van der Waals surface area contributed by atoms with E-state index in [1.54, 1.807) is 31.4 Å². The van der Waals surface area contributed by atoms with E-state index in [0.29, 0.717) is 31.7 Å². The minimum atomic E-state index is -0.411. The number of halogens is 1. The van der Waals surface area contributed by atoms with Gasteiger partial charge in [0.25, 0.3) is 5.91 Å². The van der Waals surface area contributed by atoms with Crippen molar-refractivity contribution in [2.24, 2.45) is 11.7 Å². The molecule has 0 bridgehead atoms. The number of nitrogens with two attached hydrogens (primary N) is 1. The molecule has 150 valence electrons. The minimum Gasteiger partial charge on any atom is -0.497 e. The highest BCUT2D eigenvalue weighted by Crippen LogP contribution is 2.33. The van der Waals surface area contributed by atoms with E-state index in [0.717, 1.165) is 31.4 Å². The molecule has 2 amide bonds. The summed E-state index contributed by atoms with van der Waals surface area (Å²) in [5.41, 5.74) is 6.62. The molecular weight excluding hydrogens is 366 g/mol. The summed E-state index contributed by atoms with van der Waals surface area (Å²) in [6.45, 7) is 4.27. The fourth-order valence-corrected chi connectivity index (χ4v) is 4.03. The van der Waals surface area contributed by atoms with Crippen molar-refractivity contribution in [3.8, 4) is 5.75 Å².